The third-order valence-corrected chi connectivity index (χ3v) is 6.40. The van der Waals surface area contributed by atoms with Crippen LogP contribution in [0, 0.1) is 0 Å². The van der Waals surface area contributed by atoms with Crippen LogP contribution in [0.4, 0.5) is 0 Å². The topological polar surface area (TPSA) is 42.4 Å². The zero-order valence-corrected chi connectivity index (χ0v) is 17.3. The van der Waals surface area contributed by atoms with Crippen molar-refractivity contribution in [1.29, 1.82) is 0 Å². The second-order valence-electron chi connectivity index (χ2n) is 7.62. The Morgan fingerprint density at radius 3 is 3.04 bits per heavy atom. The quantitative estimate of drug-likeness (QED) is 0.627. The fourth-order valence-electron chi connectivity index (χ4n) is 4.29. The van der Waals surface area contributed by atoms with Crippen LogP contribution in [0.3, 0.4) is 0 Å². The van der Waals surface area contributed by atoms with Crippen LogP contribution in [-0.2, 0) is 12.8 Å². The number of hydrogen-bond donors (Lipinski definition) is 0. The maximum Gasteiger partial charge on any atom is 0.243 e. The Kier molecular flexibility index (Phi) is 5.74. The summed E-state index contributed by atoms with van der Waals surface area (Å²) in [5.74, 6) is 1.60. The molecule has 0 saturated carbocycles. The molecule has 0 N–H and O–H groups in total. The van der Waals surface area contributed by atoms with Gasteiger partial charge in [0.1, 0.15) is 5.75 Å². The molecule has 28 heavy (non-hydrogen) atoms. The van der Waals surface area contributed by atoms with E-state index >= 15 is 0 Å². The summed E-state index contributed by atoms with van der Waals surface area (Å²) in [5.41, 5.74) is 6.52. The first kappa shape index (κ1) is 19.1. The molecule has 1 heterocycles. The van der Waals surface area contributed by atoms with Crippen LogP contribution >= 0.6 is 11.3 Å². The molecule has 1 aliphatic rings. The van der Waals surface area contributed by atoms with Gasteiger partial charge in [-0.15, -0.1) is 0 Å². The Morgan fingerprint density at radius 1 is 1.29 bits per heavy atom. The Balaban J connectivity index is 1.42. The lowest BCUT2D eigenvalue weighted by molar-refractivity contribution is 0.299. The fraction of sp³-hybridized carbons (Fsp3) is 0.391. The summed E-state index contributed by atoms with van der Waals surface area (Å²) in [5, 5.41) is 0.720. The first-order chi connectivity index (χ1) is 13.7. The molecule has 1 aromatic heterocycles. The zero-order chi connectivity index (χ0) is 19.5. The summed E-state index contributed by atoms with van der Waals surface area (Å²) in [4.78, 5) is 18.7. The predicted octanol–water partition coefficient (Wildman–Crippen LogP) is 4.26. The van der Waals surface area contributed by atoms with Crippen LogP contribution in [0.15, 0.2) is 46.7 Å². The van der Waals surface area contributed by atoms with Gasteiger partial charge in [-0.05, 0) is 73.5 Å². The number of rotatable bonds is 6. The molecule has 0 aliphatic heterocycles. The SMILES string of the molecule is COc1cccc2c1CCCC2CN(C)CCc1ccc2c(=O)scnc2c1. The lowest BCUT2D eigenvalue weighted by Gasteiger charge is -2.30. The van der Waals surface area contributed by atoms with E-state index in [-0.39, 0.29) is 4.74 Å². The van der Waals surface area contributed by atoms with E-state index in [1.807, 2.05) is 6.07 Å². The van der Waals surface area contributed by atoms with Crippen LogP contribution in [-0.4, -0.2) is 37.1 Å². The van der Waals surface area contributed by atoms with E-state index in [0.717, 1.165) is 53.9 Å². The molecule has 1 aliphatic carbocycles. The average molecular weight is 395 g/mol. The maximum atomic E-state index is 11.9. The Hall–Kier alpha value is -2.24. The van der Waals surface area contributed by atoms with Crippen LogP contribution < -0.4 is 9.48 Å². The van der Waals surface area contributed by atoms with E-state index in [2.05, 4.69) is 47.3 Å². The van der Waals surface area contributed by atoms with E-state index in [0.29, 0.717) is 5.92 Å². The molecule has 1 unspecified atom stereocenters. The van der Waals surface area contributed by atoms with Gasteiger partial charge in [-0.25, -0.2) is 4.98 Å². The van der Waals surface area contributed by atoms with Crippen molar-refractivity contribution in [2.24, 2.45) is 0 Å². The van der Waals surface area contributed by atoms with E-state index in [1.54, 1.807) is 12.6 Å². The Labute approximate surface area is 169 Å². The van der Waals surface area contributed by atoms with Gasteiger partial charge in [0.2, 0.25) is 4.74 Å². The number of likely N-dealkylation sites (N-methyl/N-ethyl adjacent to an activating group) is 1. The van der Waals surface area contributed by atoms with Crippen LogP contribution in [0.25, 0.3) is 10.9 Å². The van der Waals surface area contributed by atoms with E-state index < -0.39 is 0 Å². The van der Waals surface area contributed by atoms with Gasteiger partial charge < -0.3 is 9.64 Å². The second-order valence-corrected chi connectivity index (χ2v) is 8.44. The van der Waals surface area contributed by atoms with Crippen molar-refractivity contribution in [3.63, 3.8) is 0 Å². The normalized spacial score (nSPS) is 16.3. The van der Waals surface area contributed by atoms with Crippen LogP contribution in [0.2, 0.25) is 0 Å². The molecule has 3 aromatic rings. The standard InChI is InChI=1S/C23H26N2O2S/c1-25(12-11-16-9-10-20-21(13-16)24-15-28-23(20)26)14-17-5-3-7-19-18(17)6-4-8-22(19)27-2/h4,6,8-10,13,15,17H,3,5,7,11-12,14H2,1-2H3. The van der Waals surface area contributed by atoms with E-state index in [4.69, 9.17) is 4.74 Å². The van der Waals surface area contributed by atoms with Crippen molar-refractivity contribution in [2.75, 3.05) is 27.2 Å². The number of fused-ring (bicyclic) bond motifs is 2. The lowest BCUT2D eigenvalue weighted by atomic mass is 9.82. The minimum Gasteiger partial charge on any atom is -0.496 e. The summed E-state index contributed by atoms with van der Waals surface area (Å²) in [7, 11) is 3.96. The minimum atomic E-state index is 0.0834. The van der Waals surface area contributed by atoms with Gasteiger partial charge in [-0.1, -0.05) is 29.5 Å². The van der Waals surface area contributed by atoms with Crippen LogP contribution in [0.1, 0.15) is 35.4 Å². The molecule has 4 rings (SSSR count). The van der Waals surface area contributed by atoms with E-state index in [9.17, 15) is 4.79 Å². The summed E-state index contributed by atoms with van der Waals surface area (Å²) < 4.78 is 5.66. The van der Waals surface area contributed by atoms with Gasteiger partial charge in [0.15, 0.2) is 0 Å². The molecule has 0 fully saturated rings. The van der Waals surface area contributed by atoms with Gasteiger partial charge in [0.25, 0.3) is 0 Å². The molecule has 1 atom stereocenters. The van der Waals surface area contributed by atoms with Crippen molar-refractivity contribution < 1.29 is 4.74 Å². The van der Waals surface area contributed by atoms with Gasteiger partial charge in [0.05, 0.1) is 23.5 Å². The molecule has 4 nitrogen and oxygen atoms in total. The Morgan fingerprint density at radius 2 is 2.18 bits per heavy atom. The molecule has 146 valence electrons. The molecule has 0 spiro atoms. The number of hydrogen-bond acceptors (Lipinski definition) is 5. The molecule has 0 amide bonds. The third-order valence-electron chi connectivity index (χ3n) is 5.76. The zero-order valence-electron chi connectivity index (χ0n) is 16.5. The summed E-state index contributed by atoms with van der Waals surface area (Å²) in [6, 6.07) is 12.5. The van der Waals surface area contributed by atoms with Gasteiger partial charge in [0, 0.05) is 13.1 Å². The molecular weight excluding hydrogens is 368 g/mol. The molecular formula is C23H26N2O2S. The van der Waals surface area contributed by atoms with Crippen molar-refractivity contribution in [1.82, 2.24) is 9.88 Å². The fourth-order valence-corrected chi connectivity index (χ4v) is 4.85. The molecule has 0 radical (unpaired) electrons. The number of methoxy groups -OCH3 is 1. The summed E-state index contributed by atoms with van der Waals surface area (Å²) in [6.07, 6.45) is 4.53. The predicted molar refractivity (Wildman–Crippen MR) is 116 cm³/mol. The summed E-state index contributed by atoms with van der Waals surface area (Å²) in [6.45, 7) is 2.04. The number of benzene rings is 2. The number of nitrogens with zero attached hydrogens (tertiary/aromatic N) is 2. The smallest absolute Gasteiger partial charge is 0.243 e. The number of ether oxygens (including phenoxy) is 1. The highest BCUT2D eigenvalue weighted by Crippen LogP contribution is 2.36. The Bertz CT molecular complexity index is 1030. The average Bonchev–Trinajstić information content (AvgIpc) is 2.72. The summed E-state index contributed by atoms with van der Waals surface area (Å²) >= 11 is 1.15. The number of aromatic nitrogens is 1. The second kappa shape index (κ2) is 8.41. The van der Waals surface area contributed by atoms with Crippen molar-refractivity contribution in [3.05, 3.63) is 68.1 Å². The first-order valence-electron chi connectivity index (χ1n) is 9.86. The largest absolute Gasteiger partial charge is 0.496 e. The molecule has 0 bridgehead atoms. The van der Waals surface area contributed by atoms with E-state index in [1.165, 1.54) is 29.5 Å². The monoisotopic (exact) mass is 394 g/mol. The highest BCUT2D eigenvalue weighted by molar-refractivity contribution is 7.07. The third kappa shape index (κ3) is 3.96. The molecule has 0 saturated heterocycles. The first-order valence-corrected chi connectivity index (χ1v) is 10.7. The highest BCUT2D eigenvalue weighted by Gasteiger charge is 2.23. The van der Waals surface area contributed by atoms with Crippen molar-refractivity contribution in [2.45, 2.75) is 31.6 Å². The van der Waals surface area contributed by atoms with Gasteiger partial charge >= 0.3 is 0 Å². The lowest BCUT2D eigenvalue weighted by Crippen LogP contribution is -2.28. The minimum absolute atomic E-state index is 0.0834. The highest BCUT2D eigenvalue weighted by atomic mass is 32.1. The maximum absolute atomic E-state index is 11.9. The van der Waals surface area contributed by atoms with Gasteiger partial charge in [-0.2, -0.15) is 0 Å². The molecule has 2 aromatic carbocycles. The van der Waals surface area contributed by atoms with Crippen molar-refractivity contribution >= 4 is 22.2 Å². The molecule has 5 heteroatoms. The van der Waals surface area contributed by atoms with Crippen LogP contribution in [0.5, 0.6) is 5.75 Å². The van der Waals surface area contributed by atoms with Gasteiger partial charge in [-0.3, -0.25) is 4.79 Å². The van der Waals surface area contributed by atoms with Crippen molar-refractivity contribution in [3.8, 4) is 5.75 Å².